The summed E-state index contributed by atoms with van der Waals surface area (Å²) in [6.07, 6.45) is -25.5. The number of ketones is 1. The number of carbonyl (C=O) groups is 6. The van der Waals surface area contributed by atoms with E-state index >= 15 is 0 Å². The zero-order valence-corrected chi connectivity index (χ0v) is 77.3. The second-order valence-electron chi connectivity index (χ2n) is 36.4. The van der Waals surface area contributed by atoms with E-state index in [1.54, 1.807) is 6.08 Å². The first-order valence-corrected chi connectivity index (χ1v) is 47.9. The quantitative estimate of drug-likeness (QED) is 0.0261. The number of allylic oxidation sites excluding steroid dienone is 1. The number of unbranched alkanes of at least 4 members (excludes halogenated alkanes) is 30. The van der Waals surface area contributed by atoms with Gasteiger partial charge in [-0.2, -0.15) is 0 Å². The van der Waals surface area contributed by atoms with Crippen molar-refractivity contribution in [2.45, 2.75) is 467 Å². The predicted molar refractivity (Wildman–Crippen MR) is 464 cm³/mol. The van der Waals surface area contributed by atoms with Crippen LogP contribution in [-0.4, -0.2) is 390 Å². The highest BCUT2D eigenvalue weighted by atomic mass is 16.8. The Bertz CT molecular complexity index is 3290. The molecule has 0 bridgehead atoms. The van der Waals surface area contributed by atoms with E-state index in [0.29, 0.717) is 12.8 Å². The summed E-state index contributed by atoms with van der Waals surface area (Å²) in [5.74, 6) is -16.1. The molecule has 0 aromatic carbocycles. The average molecular weight is 1910 g/mol. The molecule has 34 atom stereocenters. The fourth-order valence-electron chi connectivity index (χ4n) is 18.0. The van der Waals surface area contributed by atoms with Crippen LogP contribution in [-0.2, 0) is 85.6 Å². The summed E-state index contributed by atoms with van der Waals surface area (Å²) in [7, 11) is 0. The number of rotatable bonds is 65. The summed E-state index contributed by atoms with van der Waals surface area (Å²) in [5, 5.41) is 245. The van der Waals surface area contributed by atoms with Gasteiger partial charge in [0.2, 0.25) is 17.7 Å². The predicted octanol–water partition coefficient (Wildman–Crippen LogP) is -0.828. The van der Waals surface area contributed by atoms with Gasteiger partial charge in [0.15, 0.2) is 25.2 Å². The normalized spacial score (nSPS) is 34.3. The van der Waals surface area contributed by atoms with Gasteiger partial charge in [-0.1, -0.05) is 212 Å². The molecule has 0 aromatic heterocycles. The van der Waals surface area contributed by atoms with E-state index in [1.807, 2.05) is 0 Å². The minimum Gasteiger partial charge on any atom is -0.477 e. The topological polar surface area (TPSA) is 674 Å². The Morgan fingerprint density at radius 1 is 0.417 bits per heavy atom. The van der Waals surface area contributed by atoms with Crippen molar-refractivity contribution in [1.82, 2.24) is 16.0 Å². The molecule has 6 rings (SSSR count). The van der Waals surface area contributed by atoms with E-state index in [0.717, 1.165) is 85.0 Å². The molecule has 0 radical (unpaired) electrons. The Hall–Kier alpha value is -4.48. The molecule has 0 aromatic rings. The van der Waals surface area contributed by atoms with Gasteiger partial charge in [-0.25, -0.2) is 9.59 Å². The number of amides is 3. The smallest absolute Gasteiger partial charge is 0.364 e. The van der Waals surface area contributed by atoms with Crippen LogP contribution in [0.2, 0.25) is 0 Å². The number of aliphatic hydroxyl groups excluding tert-OH is 19. The van der Waals surface area contributed by atoms with E-state index in [2.05, 4.69) is 29.8 Å². The van der Waals surface area contributed by atoms with Gasteiger partial charge in [0.25, 0.3) is 11.6 Å². The molecule has 3 amide bonds. The zero-order chi connectivity index (χ0) is 97.4. The summed E-state index contributed by atoms with van der Waals surface area (Å²) in [6, 6.07) is -4.77. The Labute approximate surface area is 772 Å². The Kier molecular flexibility index (Phi) is 53.3. The van der Waals surface area contributed by atoms with Crippen LogP contribution >= 0.6 is 0 Å². The van der Waals surface area contributed by atoms with Crippen molar-refractivity contribution in [1.29, 1.82) is 0 Å². The molecule has 6 aliphatic rings. The van der Waals surface area contributed by atoms with Gasteiger partial charge in [-0.05, 0) is 26.2 Å². The number of aliphatic hydroxyl groups is 19. The lowest BCUT2D eigenvalue weighted by molar-refractivity contribution is -0.408. The second kappa shape index (κ2) is 60.5. The second-order valence-corrected chi connectivity index (χ2v) is 36.4. The van der Waals surface area contributed by atoms with E-state index in [4.69, 9.17) is 56.8 Å². The third-order valence-corrected chi connectivity index (χ3v) is 25.6. The molecular formula is C90H159N3O39. The van der Waals surface area contributed by atoms with E-state index < -0.39 is 308 Å². The Balaban J connectivity index is 1.26. The number of aliphatic carboxylic acids is 2. The molecular weight excluding hydrogens is 1750 g/mol. The summed E-state index contributed by atoms with van der Waals surface area (Å²) < 4.78 is 72.8. The summed E-state index contributed by atoms with van der Waals surface area (Å²) in [4.78, 5) is 79.9. The van der Waals surface area contributed by atoms with Crippen molar-refractivity contribution in [3.05, 3.63) is 12.2 Å². The third kappa shape index (κ3) is 35.1. The van der Waals surface area contributed by atoms with Crippen molar-refractivity contribution < 1.29 is 193 Å². The molecule has 6 saturated heterocycles. The van der Waals surface area contributed by atoms with Gasteiger partial charge < -0.3 is 185 Å². The first-order valence-electron chi connectivity index (χ1n) is 47.9. The number of hydrogen-bond acceptors (Lipinski definition) is 37. The first kappa shape index (κ1) is 116. The van der Waals surface area contributed by atoms with Crippen LogP contribution in [0.1, 0.15) is 266 Å². The molecule has 768 valence electrons. The third-order valence-electron chi connectivity index (χ3n) is 25.6. The van der Waals surface area contributed by atoms with Gasteiger partial charge >= 0.3 is 11.9 Å². The number of carboxylic acid groups (broad SMARTS) is 2. The van der Waals surface area contributed by atoms with Crippen molar-refractivity contribution in [3.63, 3.8) is 0 Å². The fourth-order valence-corrected chi connectivity index (χ4v) is 18.0. The minimum absolute atomic E-state index is 0.0987. The molecule has 2 unspecified atom stereocenters. The first-order chi connectivity index (χ1) is 63.1. The molecule has 132 heavy (non-hydrogen) atoms. The van der Waals surface area contributed by atoms with Crippen molar-refractivity contribution >= 4 is 35.4 Å². The standard InChI is InChI=1S/C90H159N3O39/c1-6-8-10-12-14-16-18-20-21-22-23-24-25-26-28-30-32-34-36-38-40-65(108)93-55(56(103)39-37-35-33-31-29-27-19-17-15-13-11-9-7-2)50-121-84-73(114)72(113)77(63(48-98)124-84)127-86-75(116)82(132-90(88(119)120)43-58(105)67(92-53(5)102)80(130-90)69(110)60(107)45-95)78(64(49-99)125-86)128-83-54(41-51(3)100)76(70(111)61(46-96)122-83)126-85-74(115)81(71(112)62(47-97)123-85)131-89(87(117)118)42-57(104)66(91-52(4)101)79(129-89)68(109)59(106)44-94/h37,39,54-64,66-86,94-99,103-107,109-116H,6-36,38,40-50H2,1-5H3,(H,91,101)(H,92,102)(H,93,108)(H,117,118)(H,119,120)/t54-,55+,56-,57+,58+,59-,60-,61-,62-,63-,64-,66-,67-,68-,69-,70+,71+,72-,73-,74-,75-,76-,77-,78+,79?,80?,81+,82-,83+,84-,85+,86+,89+,90+/m1/s1. The lowest BCUT2D eigenvalue weighted by Crippen LogP contribution is -2.71. The minimum atomic E-state index is -3.48. The number of ether oxygens (including phenoxy) is 12. The summed E-state index contributed by atoms with van der Waals surface area (Å²) in [6.45, 7) is -0.593. The number of hydrogen-bond donors (Lipinski definition) is 24. The monoisotopic (exact) mass is 1910 g/mol. The lowest BCUT2D eigenvalue weighted by atomic mass is 9.86. The van der Waals surface area contributed by atoms with Crippen molar-refractivity contribution in [3.8, 4) is 0 Å². The van der Waals surface area contributed by atoms with Crippen molar-refractivity contribution in [2.24, 2.45) is 5.92 Å². The van der Waals surface area contributed by atoms with Crippen molar-refractivity contribution in [2.75, 3.05) is 46.2 Å². The molecule has 0 spiro atoms. The van der Waals surface area contributed by atoms with Crippen LogP contribution in [0, 0.1) is 5.92 Å². The molecule has 42 nitrogen and oxygen atoms in total. The molecule has 0 aliphatic carbocycles. The van der Waals surface area contributed by atoms with Crippen LogP contribution in [0.25, 0.3) is 0 Å². The highest BCUT2D eigenvalue weighted by Crippen LogP contribution is 2.44. The highest BCUT2D eigenvalue weighted by molar-refractivity contribution is 5.78. The van der Waals surface area contributed by atoms with Gasteiger partial charge in [0, 0.05) is 45.4 Å². The average Bonchev–Trinajstić information content (AvgIpc) is 0.750. The molecule has 42 heteroatoms. The zero-order valence-electron chi connectivity index (χ0n) is 77.3. The van der Waals surface area contributed by atoms with Crippen LogP contribution in [0.5, 0.6) is 0 Å². The van der Waals surface area contributed by atoms with E-state index in [9.17, 15) is 136 Å². The van der Waals surface area contributed by atoms with Gasteiger partial charge in [0.05, 0.1) is 88.8 Å². The highest BCUT2D eigenvalue weighted by Gasteiger charge is 2.64. The number of Topliss-reactive ketones (excluding diaryl/α,β-unsaturated/α-hetero) is 1. The molecule has 6 heterocycles. The molecule has 24 N–H and O–H groups in total. The number of carboxylic acids is 2. The number of nitrogens with one attached hydrogen (secondary N) is 3. The maximum absolute atomic E-state index is 14.1. The largest absolute Gasteiger partial charge is 0.477 e. The van der Waals surface area contributed by atoms with E-state index in [1.165, 1.54) is 134 Å². The fraction of sp³-hybridized carbons (Fsp3) is 0.911. The Morgan fingerprint density at radius 2 is 0.780 bits per heavy atom. The number of carbonyl (C=O) groups excluding carboxylic acids is 4. The van der Waals surface area contributed by atoms with Crippen LogP contribution < -0.4 is 16.0 Å². The van der Waals surface area contributed by atoms with Crippen LogP contribution in [0.15, 0.2) is 12.2 Å². The SMILES string of the molecule is CCCCCCCCCCCCCC=C[C@@H](O)[C@H](CO[C@@H]1O[C@H](CO)[C@@H](O[C@@H]2O[C@H](CO)[C@H](O[C@@H]3O[C@H](CO)[C@H](O)[C@H](O[C@@H]4O[C@H](CO)[C@H](O)[C@H](O[C@]5(C(=O)O)C[C@H](O)[C@@H](NC(C)=O)C([C@H](O)[C@H](O)CO)O5)[C@H]4O)[C@H]3CC(C)=O)[C@H](O[C@]3(C(=O)O)C[C@H](O)[C@@H](NC(C)=O)C([C@H](O)[C@H](O)CO)O3)[C@H]2O)[C@H](O)[C@H]1O)NC(=O)CCCCCCCCCCCCCCCCCCCCCC. The summed E-state index contributed by atoms with van der Waals surface area (Å²) >= 11 is 0. The Morgan fingerprint density at radius 3 is 1.19 bits per heavy atom. The maximum atomic E-state index is 14.1. The molecule has 0 saturated carbocycles. The van der Waals surface area contributed by atoms with Gasteiger partial charge in [-0.3, -0.25) is 14.4 Å². The molecule has 6 fully saturated rings. The van der Waals surface area contributed by atoms with Gasteiger partial charge in [-0.15, -0.1) is 0 Å². The van der Waals surface area contributed by atoms with E-state index in [-0.39, 0.29) is 6.42 Å². The molecule has 6 aliphatic heterocycles. The summed E-state index contributed by atoms with van der Waals surface area (Å²) in [5.41, 5.74) is 0. The van der Waals surface area contributed by atoms with Crippen LogP contribution in [0.3, 0.4) is 0 Å². The van der Waals surface area contributed by atoms with Crippen LogP contribution in [0.4, 0.5) is 0 Å². The lowest BCUT2D eigenvalue weighted by Gasteiger charge is -2.53. The van der Waals surface area contributed by atoms with Gasteiger partial charge in [0.1, 0.15) is 128 Å². The maximum Gasteiger partial charge on any atom is 0.364 e.